The molecule has 1 aromatic rings. The van der Waals surface area contributed by atoms with Crippen LogP contribution in [-0.2, 0) is 9.53 Å². The molecule has 2 rings (SSSR count). The predicted molar refractivity (Wildman–Crippen MR) is 83.0 cm³/mol. The minimum Gasteiger partial charge on any atom is -0.381 e. The summed E-state index contributed by atoms with van der Waals surface area (Å²) in [6, 6.07) is 10.1. The molecule has 1 aliphatic rings. The van der Waals surface area contributed by atoms with Gasteiger partial charge in [0.1, 0.15) is 0 Å². The molecule has 110 valence electrons. The highest BCUT2D eigenvalue weighted by Crippen LogP contribution is 2.21. The van der Waals surface area contributed by atoms with E-state index >= 15 is 0 Å². The third kappa shape index (κ3) is 4.84. The molecule has 1 saturated heterocycles. The Morgan fingerprint density at radius 1 is 1.40 bits per heavy atom. The molecule has 20 heavy (non-hydrogen) atoms. The number of hydrogen-bond acceptors (Lipinski definition) is 3. The Hall–Kier alpha value is -1.00. The van der Waals surface area contributed by atoms with Crippen molar-refractivity contribution in [1.29, 1.82) is 0 Å². The average Bonchev–Trinajstić information content (AvgIpc) is 2.52. The van der Waals surface area contributed by atoms with Crippen LogP contribution in [0.5, 0.6) is 0 Å². The zero-order valence-electron chi connectivity index (χ0n) is 12.1. The van der Waals surface area contributed by atoms with E-state index in [0.29, 0.717) is 11.7 Å². The Morgan fingerprint density at radius 2 is 2.20 bits per heavy atom. The van der Waals surface area contributed by atoms with Gasteiger partial charge in [0.25, 0.3) is 0 Å². The molecule has 0 aliphatic carbocycles. The maximum absolute atomic E-state index is 12.3. The summed E-state index contributed by atoms with van der Waals surface area (Å²) < 4.78 is 5.49. The highest BCUT2D eigenvalue weighted by Gasteiger charge is 2.23. The smallest absolute Gasteiger partial charge is 0.232 e. The molecule has 1 unspecified atom stereocenters. The molecule has 4 heteroatoms. The number of rotatable bonds is 6. The monoisotopic (exact) mass is 293 g/mol. The number of carbonyl (C=O) groups is 1. The lowest BCUT2D eigenvalue weighted by Gasteiger charge is -2.32. The van der Waals surface area contributed by atoms with Gasteiger partial charge in [0.15, 0.2) is 0 Å². The summed E-state index contributed by atoms with van der Waals surface area (Å²) in [5.74, 6) is 1.29. The number of thioether (sulfide) groups is 1. The summed E-state index contributed by atoms with van der Waals surface area (Å²) in [6.07, 6.45) is 2.27. The first-order valence-electron chi connectivity index (χ1n) is 7.33. The lowest BCUT2D eigenvalue weighted by atomic mass is 9.99. The fraction of sp³-hybridized carbons (Fsp3) is 0.562. The highest BCUT2D eigenvalue weighted by molar-refractivity contribution is 8.00. The van der Waals surface area contributed by atoms with Crippen LogP contribution in [0, 0.1) is 5.92 Å². The molecule has 0 aromatic heterocycles. The molecule has 1 aliphatic heterocycles. The van der Waals surface area contributed by atoms with Crippen molar-refractivity contribution in [1.82, 2.24) is 4.90 Å². The molecule has 1 amide bonds. The van der Waals surface area contributed by atoms with Crippen LogP contribution in [0.3, 0.4) is 0 Å². The van der Waals surface area contributed by atoms with E-state index in [9.17, 15) is 4.79 Å². The van der Waals surface area contributed by atoms with Crippen LogP contribution in [0.1, 0.15) is 19.8 Å². The topological polar surface area (TPSA) is 29.5 Å². The van der Waals surface area contributed by atoms with Crippen molar-refractivity contribution in [3.8, 4) is 0 Å². The number of hydrogen-bond donors (Lipinski definition) is 0. The van der Waals surface area contributed by atoms with Crippen LogP contribution < -0.4 is 0 Å². The number of benzene rings is 1. The Bertz CT molecular complexity index is 410. The maximum atomic E-state index is 12.3. The van der Waals surface area contributed by atoms with E-state index < -0.39 is 0 Å². The molecule has 0 saturated carbocycles. The summed E-state index contributed by atoms with van der Waals surface area (Å²) in [7, 11) is 0. The van der Waals surface area contributed by atoms with Crippen molar-refractivity contribution < 1.29 is 9.53 Å². The quantitative estimate of drug-likeness (QED) is 0.755. The van der Waals surface area contributed by atoms with Crippen LogP contribution in [-0.4, -0.2) is 42.9 Å². The lowest BCUT2D eigenvalue weighted by Crippen LogP contribution is -2.42. The molecular weight excluding hydrogens is 270 g/mol. The molecule has 0 radical (unpaired) electrons. The molecule has 3 nitrogen and oxygen atoms in total. The van der Waals surface area contributed by atoms with Crippen LogP contribution >= 0.6 is 11.8 Å². The van der Waals surface area contributed by atoms with Gasteiger partial charge >= 0.3 is 0 Å². The third-order valence-corrected chi connectivity index (χ3v) is 4.53. The van der Waals surface area contributed by atoms with E-state index in [1.807, 2.05) is 42.2 Å². The number of nitrogens with zero attached hydrogens (tertiary/aromatic N) is 1. The van der Waals surface area contributed by atoms with E-state index in [1.165, 1.54) is 6.42 Å². The third-order valence-electron chi connectivity index (χ3n) is 3.53. The van der Waals surface area contributed by atoms with Crippen molar-refractivity contribution >= 4 is 17.7 Å². The normalized spacial score (nSPS) is 19.1. The predicted octanol–water partition coefficient (Wildman–Crippen LogP) is 3.05. The highest BCUT2D eigenvalue weighted by atomic mass is 32.2. The first kappa shape index (κ1) is 15.4. The molecule has 1 atom stereocenters. The van der Waals surface area contributed by atoms with Crippen LogP contribution in [0.15, 0.2) is 35.2 Å². The number of piperidine rings is 1. The lowest BCUT2D eigenvalue weighted by molar-refractivity contribution is -0.130. The van der Waals surface area contributed by atoms with Crippen LogP contribution in [0.4, 0.5) is 0 Å². The van der Waals surface area contributed by atoms with Gasteiger partial charge in [-0.15, -0.1) is 11.8 Å². The van der Waals surface area contributed by atoms with E-state index in [0.717, 1.165) is 37.6 Å². The summed E-state index contributed by atoms with van der Waals surface area (Å²) in [6.45, 7) is 5.31. The second kappa shape index (κ2) is 8.32. The first-order chi connectivity index (χ1) is 9.79. The molecule has 1 heterocycles. The Labute approximate surface area is 125 Å². The van der Waals surface area contributed by atoms with Crippen molar-refractivity contribution in [2.75, 3.05) is 32.1 Å². The van der Waals surface area contributed by atoms with Crippen molar-refractivity contribution in [3.63, 3.8) is 0 Å². The van der Waals surface area contributed by atoms with Gasteiger partial charge in [-0.05, 0) is 37.8 Å². The molecule has 0 N–H and O–H groups in total. The standard InChI is InChI=1S/C16H23NO2S/c1-2-19-12-14-7-6-10-17(11-14)16(18)13-20-15-8-4-3-5-9-15/h3-5,8-9,14H,2,6-7,10-13H2,1H3. The Morgan fingerprint density at radius 3 is 2.95 bits per heavy atom. The fourth-order valence-corrected chi connectivity index (χ4v) is 3.29. The first-order valence-corrected chi connectivity index (χ1v) is 8.31. The van der Waals surface area contributed by atoms with Gasteiger partial charge < -0.3 is 9.64 Å². The zero-order valence-corrected chi connectivity index (χ0v) is 12.9. The van der Waals surface area contributed by atoms with E-state index in [2.05, 4.69) is 0 Å². The summed E-state index contributed by atoms with van der Waals surface area (Å²) in [5, 5.41) is 0. The second-order valence-corrected chi connectivity index (χ2v) is 6.16. The molecule has 0 spiro atoms. The van der Waals surface area contributed by atoms with Crippen LogP contribution in [0.25, 0.3) is 0 Å². The van der Waals surface area contributed by atoms with Gasteiger partial charge in [-0.3, -0.25) is 4.79 Å². The van der Waals surface area contributed by atoms with Gasteiger partial charge in [-0.25, -0.2) is 0 Å². The zero-order chi connectivity index (χ0) is 14.2. The minimum atomic E-state index is 0.250. The largest absolute Gasteiger partial charge is 0.381 e. The van der Waals surface area contributed by atoms with Gasteiger partial charge in [0, 0.05) is 24.6 Å². The van der Waals surface area contributed by atoms with Crippen molar-refractivity contribution in [3.05, 3.63) is 30.3 Å². The summed E-state index contributed by atoms with van der Waals surface area (Å²) in [5.41, 5.74) is 0. The maximum Gasteiger partial charge on any atom is 0.232 e. The Kier molecular flexibility index (Phi) is 6.40. The van der Waals surface area contributed by atoms with Crippen molar-refractivity contribution in [2.45, 2.75) is 24.7 Å². The minimum absolute atomic E-state index is 0.250. The number of ether oxygens (including phenoxy) is 1. The van der Waals surface area contributed by atoms with Gasteiger partial charge in [-0.1, -0.05) is 18.2 Å². The second-order valence-electron chi connectivity index (χ2n) is 5.11. The number of amides is 1. The Balaban J connectivity index is 1.77. The number of likely N-dealkylation sites (tertiary alicyclic amines) is 1. The molecule has 1 aromatic carbocycles. The average molecular weight is 293 g/mol. The van der Waals surface area contributed by atoms with E-state index in [1.54, 1.807) is 11.8 Å². The molecule has 0 bridgehead atoms. The van der Waals surface area contributed by atoms with E-state index in [4.69, 9.17) is 4.74 Å². The van der Waals surface area contributed by atoms with Crippen molar-refractivity contribution in [2.24, 2.45) is 5.92 Å². The van der Waals surface area contributed by atoms with E-state index in [-0.39, 0.29) is 5.91 Å². The molecule has 1 fully saturated rings. The van der Waals surface area contributed by atoms with Gasteiger partial charge in [0.05, 0.1) is 12.4 Å². The summed E-state index contributed by atoms with van der Waals surface area (Å²) >= 11 is 1.62. The van der Waals surface area contributed by atoms with Gasteiger partial charge in [-0.2, -0.15) is 0 Å². The number of carbonyl (C=O) groups excluding carboxylic acids is 1. The fourth-order valence-electron chi connectivity index (χ4n) is 2.47. The SMILES string of the molecule is CCOCC1CCCN(C(=O)CSc2ccccc2)C1. The summed E-state index contributed by atoms with van der Waals surface area (Å²) in [4.78, 5) is 15.4. The van der Waals surface area contributed by atoms with Gasteiger partial charge in [0.2, 0.25) is 5.91 Å². The molecular formula is C16H23NO2S. The van der Waals surface area contributed by atoms with Crippen LogP contribution in [0.2, 0.25) is 0 Å².